The monoisotopic (exact) mass is 261 g/mol. The van der Waals surface area contributed by atoms with E-state index >= 15 is 0 Å². The molecule has 0 atom stereocenters. The lowest BCUT2D eigenvalue weighted by molar-refractivity contribution is 0.367. The summed E-state index contributed by atoms with van der Waals surface area (Å²) in [7, 11) is -0.216. The summed E-state index contributed by atoms with van der Waals surface area (Å²) >= 11 is 0. The van der Waals surface area contributed by atoms with Gasteiger partial charge in [-0.2, -0.15) is 8.42 Å². The third-order valence-corrected chi connectivity index (χ3v) is 2.78. The predicted octanol–water partition coefficient (Wildman–Crippen LogP) is 0.973. The van der Waals surface area contributed by atoms with Crippen LogP contribution in [0.2, 0.25) is 0 Å². The highest BCUT2D eigenvalue weighted by Crippen LogP contribution is 2.35. The van der Waals surface area contributed by atoms with Gasteiger partial charge in [0.05, 0.1) is 26.9 Å². The molecule has 1 rings (SSSR count). The Morgan fingerprint density at radius 1 is 1.00 bits per heavy atom. The quantitative estimate of drug-likeness (QED) is 0.788. The molecular weight excluding hydrogens is 248 g/mol. The lowest BCUT2D eigenvalue weighted by atomic mass is 10.2. The van der Waals surface area contributed by atoms with E-state index < -0.39 is 15.9 Å². The second kappa shape index (κ2) is 5.24. The zero-order chi connectivity index (χ0) is 13.1. The Morgan fingerprint density at radius 3 is 1.76 bits per heavy atom. The highest BCUT2D eigenvalue weighted by atomic mass is 32.2. The van der Waals surface area contributed by atoms with Gasteiger partial charge in [0.1, 0.15) is 23.0 Å². The summed E-state index contributed by atoms with van der Waals surface area (Å²) in [5, 5.41) is 0. The Hall–Kier alpha value is -1.47. The zero-order valence-corrected chi connectivity index (χ0v) is 10.5. The van der Waals surface area contributed by atoms with Gasteiger partial charge < -0.3 is 14.2 Å². The molecule has 0 saturated carbocycles. The van der Waals surface area contributed by atoms with Crippen molar-refractivity contribution in [3.8, 4) is 17.2 Å². The van der Waals surface area contributed by atoms with Crippen LogP contribution < -0.4 is 14.2 Å². The number of hydrogen-bond acceptors (Lipinski definition) is 5. The fourth-order valence-electron chi connectivity index (χ4n) is 1.40. The largest absolute Gasteiger partial charge is 0.496 e. The van der Waals surface area contributed by atoms with Gasteiger partial charge in [-0.15, -0.1) is 0 Å². The topological polar surface area (TPSA) is 81.7 Å². The molecule has 0 amide bonds. The van der Waals surface area contributed by atoms with E-state index in [4.69, 9.17) is 14.2 Å². The lowest BCUT2D eigenvalue weighted by Crippen LogP contribution is -2.05. The van der Waals surface area contributed by atoms with E-state index in [1.54, 1.807) is 0 Å². The summed E-state index contributed by atoms with van der Waals surface area (Å²) in [6.45, 7) is 0. The standard InChI is InChI=1S/C10H13O6S/c1-14-7-4-9(15-2)8(6-17(11,12)13)10(5-7)16-3/h4-5H,6H2,1-3H3. The van der Waals surface area contributed by atoms with E-state index in [1.165, 1.54) is 33.5 Å². The van der Waals surface area contributed by atoms with Gasteiger partial charge in [0, 0.05) is 12.1 Å². The van der Waals surface area contributed by atoms with Crippen LogP contribution in [0.1, 0.15) is 5.56 Å². The van der Waals surface area contributed by atoms with Crippen molar-refractivity contribution < 1.29 is 27.2 Å². The minimum absolute atomic E-state index is 0.186. The van der Waals surface area contributed by atoms with Crippen LogP contribution in [0.4, 0.5) is 0 Å². The summed E-state index contributed by atoms with van der Waals surface area (Å²) in [6, 6.07) is 2.98. The predicted molar refractivity (Wildman–Crippen MR) is 59.4 cm³/mol. The molecule has 95 valence electrons. The molecule has 7 heteroatoms. The van der Waals surface area contributed by atoms with Gasteiger partial charge in [-0.1, -0.05) is 4.55 Å². The summed E-state index contributed by atoms with van der Waals surface area (Å²) in [5.41, 5.74) is 0.186. The van der Waals surface area contributed by atoms with Crippen LogP contribution in [0.15, 0.2) is 12.1 Å². The van der Waals surface area contributed by atoms with Crippen molar-refractivity contribution in [2.45, 2.75) is 5.75 Å². The molecule has 0 aliphatic heterocycles. The number of benzene rings is 1. The molecule has 0 aromatic heterocycles. The molecule has 17 heavy (non-hydrogen) atoms. The maximum Gasteiger partial charge on any atom is 0.299 e. The first-order chi connectivity index (χ1) is 7.91. The Balaban J connectivity index is 3.34. The molecule has 0 fully saturated rings. The average molecular weight is 261 g/mol. The zero-order valence-electron chi connectivity index (χ0n) is 9.72. The van der Waals surface area contributed by atoms with Gasteiger partial charge in [-0.25, -0.2) is 0 Å². The first-order valence-electron chi connectivity index (χ1n) is 4.63. The first kappa shape index (κ1) is 13.6. The number of ether oxygens (including phenoxy) is 3. The second-order valence-electron chi connectivity index (χ2n) is 3.21. The van der Waals surface area contributed by atoms with E-state index in [0.29, 0.717) is 5.75 Å². The van der Waals surface area contributed by atoms with Crippen LogP contribution in [-0.2, 0) is 20.4 Å². The van der Waals surface area contributed by atoms with Crippen LogP contribution in [0.25, 0.3) is 0 Å². The Bertz CT molecular complexity index is 469. The Labute approximate surface area is 99.9 Å². The molecule has 0 N–H and O–H groups in total. The van der Waals surface area contributed by atoms with Gasteiger partial charge in [0.15, 0.2) is 0 Å². The molecule has 0 unspecified atom stereocenters. The molecule has 0 saturated heterocycles. The van der Waals surface area contributed by atoms with Gasteiger partial charge in [0.25, 0.3) is 10.1 Å². The third-order valence-electron chi connectivity index (χ3n) is 2.14. The molecule has 0 aliphatic carbocycles. The summed E-state index contributed by atoms with van der Waals surface area (Å²) in [6.07, 6.45) is 0. The number of hydrogen-bond donors (Lipinski definition) is 0. The normalized spacial score (nSPS) is 11.1. The Kier molecular flexibility index (Phi) is 4.19. The van der Waals surface area contributed by atoms with Gasteiger partial charge in [-0.05, 0) is 0 Å². The van der Waals surface area contributed by atoms with Crippen molar-refractivity contribution in [3.05, 3.63) is 17.7 Å². The molecule has 1 radical (unpaired) electrons. The molecule has 0 aliphatic rings. The first-order valence-corrected chi connectivity index (χ1v) is 6.21. The van der Waals surface area contributed by atoms with Crippen LogP contribution >= 0.6 is 0 Å². The van der Waals surface area contributed by atoms with Crippen LogP contribution in [-0.4, -0.2) is 29.7 Å². The lowest BCUT2D eigenvalue weighted by Gasteiger charge is -2.13. The van der Waals surface area contributed by atoms with E-state index in [2.05, 4.69) is 0 Å². The summed E-state index contributed by atoms with van der Waals surface area (Å²) in [5.74, 6) is 0.232. The summed E-state index contributed by atoms with van der Waals surface area (Å²) in [4.78, 5) is 0. The molecular formula is C10H13O6S. The minimum Gasteiger partial charge on any atom is -0.496 e. The van der Waals surface area contributed by atoms with Crippen molar-refractivity contribution >= 4 is 10.1 Å². The number of methoxy groups -OCH3 is 3. The van der Waals surface area contributed by atoms with Crippen molar-refractivity contribution in [2.75, 3.05) is 21.3 Å². The maximum atomic E-state index is 10.8. The Morgan fingerprint density at radius 2 is 1.47 bits per heavy atom. The fourth-order valence-corrected chi connectivity index (χ4v) is 2.03. The highest BCUT2D eigenvalue weighted by molar-refractivity contribution is 7.84. The molecule has 1 aromatic rings. The van der Waals surface area contributed by atoms with Gasteiger partial charge >= 0.3 is 0 Å². The van der Waals surface area contributed by atoms with E-state index in [9.17, 15) is 13.0 Å². The molecule has 1 aromatic carbocycles. The van der Waals surface area contributed by atoms with E-state index in [-0.39, 0.29) is 17.1 Å². The summed E-state index contributed by atoms with van der Waals surface area (Å²) < 4.78 is 47.4. The number of rotatable bonds is 5. The van der Waals surface area contributed by atoms with Crippen molar-refractivity contribution in [1.82, 2.24) is 0 Å². The minimum atomic E-state index is -4.41. The van der Waals surface area contributed by atoms with Crippen molar-refractivity contribution in [3.63, 3.8) is 0 Å². The van der Waals surface area contributed by atoms with Crippen molar-refractivity contribution in [2.24, 2.45) is 0 Å². The molecule has 6 nitrogen and oxygen atoms in total. The average Bonchev–Trinajstić information content (AvgIpc) is 2.27. The molecule has 0 heterocycles. The van der Waals surface area contributed by atoms with Crippen molar-refractivity contribution in [1.29, 1.82) is 0 Å². The van der Waals surface area contributed by atoms with E-state index in [1.807, 2.05) is 0 Å². The van der Waals surface area contributed by atoms with Crippen LogP contribution in [0, 0.1) is 0 Å². The van der Waals surface area contributed by atoms with Crippen LogP contribution in [0.5, 0.6) is 17.2 Å². The second-order valence-corrected chi connectivity index (χ2v) is 4.62. The third kappa shape index (κ3) is 3.50. The van der Waals surface area contributed by atoms with Crippen LogP contribution in [0.3, 0.4) is 0 Å². The molecule has 0 bridgehead atoms. The fraction of sp³-hybridized carbons (Fsp3) is 0.400. The van der Waals surface area contributed by atoms with Gasteiger partial charge in [0.2, 0.25) is 0 Å². The van der Waals surface area contributed by atoms with E-state index in [0.717, 1.165) is 0 Å². The SMILES string of the molecule is COc1cc(OC)c(CS([O])(=O)=O)c(OC)c1. The highest BCUT2D eigenvalue weighted by Gasteiger charge is 2.19. The maximum absolute atomic E-state index is 10.8. The smallest absolute Gasteiger partial charge is 0.299 e. The van der Waals surface area contributed by atoms with Gasteiger partial charge in [-0.3, -0.25) is 0 Å². The molecule has 0 spiro atoms.